The summed E-state index contributed by atoms with van der Waals surface area (Å²) in [6, 6.07) is 2.48. The van der Waals surface area contributed by atoms with E-state index in [4.69, 9.17) is 5.73 Å². The monoisotopic (exact) mass is 335 g/mol. The van der Waals surface area contributed by atoms with Crippen molar-refractivity contribution in [3.05, 3.63) is 21.2 Å². The van der Waals surface area contributed by atoms with Crippen molar-refractivity contribution in [1.82, 2.24) is 4.98 Å². The largest absolute Gasteiger partial charge is 0.367 e. The van der Waals surface area contributed by atoms with Gasteiger partial charge in [0.15, 0.2) is 0 Å². The molecule has 2 atom stereocenters. The molecule has 1 aromatic rings. The molecule has 2 unspecified atom stereocenters. The number of anilines is 1. The van der Waals surface area contributed by atoms with Gasteiger partial charge in [-0.3, -0.25) is 0 Å². The molecule has 0 aliphatic carbocycles. The van der Waals surface area contributed by atoms with Gasteiger partial charge in [0.2, 0.25) is 0 Å². The Labute approximate surface area is 107 Å². The van der Waals surface area contributed by atoms with Crippen LogP contribution in [0, 0.1) is 0 Å². The zero-order valence-electron chi connectivity index (χ0n) is 8.80. The molecule has 0 aliphatic heterocycles. The molecule has 1 heterocycles. The summed E-state index contributed by atoms with van der Waals surface area (Å²) in [6.07, 6.45) is 2.69. The first-order valence-corrected chi connectivity index (χ1v) is 6.40. The lowest BCUT2D eigenvalue weighted by Gasteiger charge is -2.17. The third-order valence-electron chi connectivity index (χ3n) is 1.92. The maximum atomic E-state index is 5.73. The number of pyridine rings is 1. The Kier molecular flexibility index (Phi) is 5.02. The van der Waals surface area contributed by atoms with E-state index in [1.54, 1.807) is 6.20 Å². The molecule has 1 aromatic heterocycles. The normalized spacial score (nSPS) is 14.7. The molecule has 0 saturated carbocycles. The number of hydrogen-bond donors (Lipinski definition) is 2. The zero-order chi connectivity index (χ0) is 11.4. The quantitative estimate of drug-likeness (QED) is 0.888. The lowest BCUT2D eigenvalue weighted by molar-refractivity contribution is 0.603. The smallest absolute Gasteiger partial charge is 0.140 e. The molecule has 0 aromatic carbocycles. The van der Waals surface area contributed by atoms with Crippen LogP contribution in [0.3, 0.4) is 0 Å². The third-order valence-corrected chi connectivity index (χ3v) is 2.95. The fourth-order valence-electron chi connectivity index (χ4n) is 1.37. The molecular weight excluding hydrogens is 322 g/mol. The Morgan fingerprint density at radius 3 is 2.67 bits per heavy atom. The van der Waals surface area contributed by atoms with Crippen LogP contribution >= 0.6 is 31.9 Å². The fourth-order valence-corrected chi connectivity index (χ4v) is 2.47. The Morgan fingerprint density at radius 2 is 2.13 bits per heavy atom. The topological polar surface area (TPSA) is 50.9 Å². The number of halogens is 2. The van der Waals surface area contributed by atoms with Gasteiger partial charge < -0.3 is 11.1 Å². The molecule has 0 bridgehead atoms. The standard InChI is InChI=1S/C10H15Br2N3/c1-6(13)3-7(2)15-10-9(12)4-8(11)5-14-10/h4-7H,3,13H2,1-2H3,(H,14,15). The van der Waals surface area contributed by atoms with Gasteiger partial charge in [-0.05, 0) is 58.2 Å². The molecule has 0 fully saturated rings. The van der Waals surface area contributed by atoms with Gasteiger partial charge in [-0.15, -0.1) is 0 Å². The summed E-state index contributed by atoms with van der Waals surface area (Å²) in [7, 11) is 0. The van der Waals surface area contributed by atoms with Crippen molar-refractivity contribution in [3.63, 3.8) is 0 Å². The van der Waals surface area contributed by atoms with E-state index in [1.165, 1.54) is 0 Å². The van der Waals surface area contributed by atoms with Gasteiger partial charge in [0.25, 0.3) is 0 Å². The van der Waals surface area contributed by atoms with E-state index in [1.807, 2.05) is 13.0 Å². The molecule has 1 rings (SSSR count). The summed E-state index contributed by atoms with van der Waals surface area (Å²) >= 11 is 6.82. The number of rotatable bonds is 4. The average molecular weight is 337 g/mol. The fraction of sp³-hybridized carbons (Fsp3) is 0.500. The van der Waals surface area contributed by atoms with Gasteiger partial charge in [-0.2, -0.15) is 0 Å². The molecule has 0 spiro atoms. The van der Waals surface area contributed by atoms with Crippen LogP contribution in [0.25, 0.3) is 0 Å². The highest BCUT2D eigenvalue weighted by Gasteiger charge is 2.08. The molecule has 0 aliphatic rings. The number of hydrogen-bond acceptors (Lipinski definition) is 3. The number of nitrogens with two attached hydrogens (primary N) is 1. The first-order chi connectivity index (χ1) is 6.99. The maximum Gasteiger partial charge on any atom is 0.140 e. The van der Waals surface area contributed by atoms with Crippen LogP contribution in [0.1, 0.15) is 20.3 Å². The summed E-state index contributed by atoms with van der Waals surface area (Å²) in [5.41, 5.74) is 5.73. The van der Waals surface area contributed by atoms with Crippen LogP contribution in [0.5, 0.6) is 0 Å². The van der Waals surface area contributed by atoms with Gasteiger partial charge in [0, 0.05) is 22.8 Å². The molecule has 0 radical (unpaired) electrons. The number of aromatic nitrogens is 1. The highest BCUT2D eigenvalue weighted by molar-refractivity contribution is 9.11. The van der Waals surface area contributed by atoms with Crippen LogP contribution < -0.4 is 11.1 Å². The lowest BCUT2D eigenvalue weighted by atomic mass is 10.1. The Hall–Kier alpha value is -0.130. The van der Waals surface area contributed by atoms with Crippen molar-refractivity contribution in [2.24, 2.45) is 5.73 Å². The lowest BCUT2D eigenvalue weighted by Crippen LogP contribution is -2.26. The SMILES string of the molecule is CC(N)CC(C)Nc1ncc(Br)cc1Br. The average Bonchev–Trinajstić information content (AvgIpc) is 2.08. The van der Waals surface area contributed by atoms with E-state index < -0.39 is 0 Å². The first kappa shape index (κ1) is 12.9. The van der Waals surface area contributed by atoms with Crippen molar-refractivity contribution in [2.45, 2.75) is 32.4 Å². The summed E-state index contributed by atoms with van der Waals surface area (Å²) in [5, 5.41) is 3.31. The summed E-state index contributed by atoms with van der Waals surface area (Å²) < 4.78 is 1.91. The van der Waals surface area contributed by atoms with Gasteiger partial charge in [0.1, 0.15) is 5.82 Å². The maximum absolute atomic E-state index is 5.73. The van der Waals surface area contributed by atoms with Crippen molar-refractivity contribution in [1.29, 1.82) is 0 Å². The Bertz CT molecular complexity index is 328. The van der Waals surface area contributed by atoms with Crippen LogP contribution in [0.15, 0.2) is 21.2 Å². The zero-order valence-corrected chi connectivity index (χ0v) is 12.0. The minimum atomic E-state index is 0.196. The summed E-state index contributed by atoms with van der Waals surface area (Å²) in [5.74, 6) is 0.853. The third kappa shape index (κ3) is 4.49. The van der Waals surface area contributed by atoms with E-state index in [2.05, 4.69) is 49.1 Å². The molecule has 3 nitrogen and oxygen atoms in total. The van der Waals surface area contributed by atoms with E-state index in [9.17, 15) is 0 Å². The van der Waals surface area contributed by atoms with Crippen LogP contribution in [0.4, 0.5) is 5.82 Å². The molecule has 15 heavy (non-hydrogen) atoms. The van der Waals surface area contributed by atoms with Crippen molar-refractivity contribution < 1.29 is 0 Å². The van der Waals surface area contributed by atoms with Gasteiger partial charge >= 0.3 is 0 Å². The second-order valence-electron chi connectivity index (χ2n) is 3.74. The van der Waals surface area contributed by atoms with E-state index in [0.29, 0.717) is 6.04 Å². The summed E-state index contributed by atoms with van der Waals surface area (Å²) in [6.45, 7) is 4.10. The Balaban J connectivity index is 2.64. The first-order valence-electron chi connectivity index (χ1n) is 4.82. The minimum absolute atomic E-state index is 0.196. The van der Waals surface area contributed by atoms with Crippen molar-refractivity contribution in [3.8, 4) is 0 Å². The second-order valence-corrected chi connectivity index (χ2v) is 5.51. The van der Waals surface area contributed by atoms with Crippen LogP contribution in [-0.2, 0) is 0 Å². The minimum Gasteiger partial charge on any atom is -0.367 e. The molecule has 0 saturated heterocycles. The van der Waals surface area contributed by atoms with E-state index in [0.717, 1.165) is 21.2 Å². The van der Waals surface area contributed by atoms with Crippen molar-refractivity contribution in [2.75, 3.05) is 5.32 Å². The molecule has 0 amide bonds. The van der Waals surface area contributed by atoms with Gasteiger partial charge in [-0.1, -0.05) is 0 Å². The summed E-state index contributed by atoms with van der Waals surface area (Å²) in [4.78, 5) is 4.28. The molecule has 3 N–H and O–H groups in total. The Morgan fingerprint density at radius 1 is 1.47 bits per heavy atom. The number of nitrogens with one attached hydrogen (secondary N) is 1. The molecule has 5 heteroatoms. The highest BCUT2D eigenvalue weighted by atomic mass is 79.9. The predicted molar refractivity (Wildman–Crippen MR) is 71.0 cm³/mol. The van der Waals surface area contributed by atoms with Crippen molar-refractivity contribution >= 4 is 37.7 Å². The predicted octanol–water partition coefficient (Wildman–Crippen LogP) is 3.14. The number of nitrogens with zero attached hydrogens (tertiary/aromatic N) is 1. The van der Waals surface area contributed by atoms with Crippen LogP contribution in [-0.4, -0.2) is 17.1 Å². The molecular formula is C10H15Br2N3. The van der Waals surface area contributed by atoms with Gasteiger partial charge in [0.05, 0.1) is 4.47 Å². The van der Waals surface area contributed by atoms with Gasteiger partial charge in [-0.25, -0.2) is 4.98 Å². The highest BCUT2D eigenvalue weighted by Crippen LogP contribution is 2.24. The second kappa shape index (κ2) is 5.82. The van der Waals surface area contributed by atoms with E-state index in [-0.39, 0.29) is 6.04 Å². The molecule has 84 valence electrons. The van der Waals surface area contributed by atoms with Crippen LogP contribution in [0.2, 0.25) is 0 Å². The van der Waals surface area contributed by atoms with E-state index >= 15 is 0 Å².